The molecule has 6 heteroatoms. The monoisotopic (exact) mass is 282 g/mol. The van der Waals surface area contributed by atoms with Crippen LogP contribution in [0.5, 0.6) is 0 Å². The van der Waals surface area contributed by atoms with E-state index >= 15 is 0 Å². The SMILES string of the molecule is CC[C@H](NC(=O)NC1CCCc2sccc21)C(=O)O. The second-order valence-electron chi connectivity index (χ2n) is 4.66. The van der Waals surface area contributed by atoms with E-state index in [1.807, 2.05) is 11.4 Å². The fraction of sp³-hybridized carbons (Fsp3) is 0.538. The van der Waals surface area contributed by atoms with Crippen molar-refractivity contribution in [1.29, 1.82) is 0 Å². The van der Waals surface area contributed by atoms with Crippen molar-refractivity contribution in [3.8, 4) is 0 Å². The Labute approximate surface area is 116 Å². The zero-order valence-corrected chi connectivity index (χ0v) is 11.6. The van der Waals surface area contributed by atoms with Gasteiger partial charge in [-0.25, -0.2) is 9.59 Å². The molecule has 1 heterocycles. The predicted molar refractivity (Wildman–Crippen MR) is 73.4 cm³/mol. The van der Waals surface area contributed by atoms with Crippen molar-refractivity contribution in [2.75, 3.05) is 0 Å². The van der Waals surface area contributed by atoms with Crippen molar-refractivity contribution >= 4 is 23.3 Å². The summed E-state index contributed by atoms with van der Waals surface area (Å²) < 4.78 is 0. The maximum atomic E-state index is 11.8. The minimum Gasteiger partial charge on any atom is -0.480 e. The number of aliphatic carboxylic acids is 1. The van der Waals surface area contributed by atoms with Crippen LogP contribution in [-0.2, 0) is 11.2 Å². The highest BCUT2D eigenvalue weighted by Gasteiger charge is 2.24. The maximum absolute atomic E-state index is 11.8. The van der Waals surface area contributed by atoms with Gasteiger partial charge in [-0.05, 0) is 42.7 Å². The molecule has 0 aromatic carbocycles. The van der Waals surface area contributed by atoms with Crippen molar-refractivity contribution < 1.29 is 14.7 Å². The molecule has 2 amide bonds. The highest BCUT2D eigenvalue weighted by Crippen LogP contribution is 2.33. The first-order chi connectivity index (χ1) is 9.11. The Hall–Kier alpha value is -1.56. The molecule has 1 aliphatic carbocycles. The minimum absolute atomic E-state index is 0.00120. The number of urea groups is 1. The van der Waals surface area contributed by atoms with Gasteiger partial charge >= 0.3 is 12.0 Å². The number of carboxylic acid groups (broad SMARTS) is 1. The molecule has 0 spiro atoms. The number of carbonyl (C=O) groups excluding carboxylic acids is 1. The summed E-state index contributed by atoms with van der Waals surface area (Å²) in [7, 11) is 0. The zero-order chi connectivity index (χ0) is 13.8. The molecule has 1 unspecified atom stereocenters. The zero-order valence-electron chi connectivity index (χ0n) is 10.8. The third kappa shape index (κ3) is 3.26. The van der Waals surface area contributed by atoms with E-state index in [0.29, 0.717) is 6.42 Å². The van der Waals surface area contributed by atoms with Crippen LogP contribution in [0.25, 0.3) is 0 Å². The van der Waals surface area contributed by atoms with Gasteiger partial charge in [0.25, 0.3) is 0 Å². The lowest BCUT2D eigenvalue weighted by Crippen LogP contribution is -2.46. The first-order valence-electron chi connectivity index (χ1n) is 6.48. The topological polar surface area (TPSA) is 78.4 Å². The van der Waals surface area contributed by atoms with Gasteiger partial charge in [0.2, 0.25) is 0 Å². The van der Waals surface area contributed by atoms with Gasteiger partial charge in [0.15, 0.2) is 0 Å². The van der Waals surface area contributed by atoms with E-state index in [9.17, 15) is 9.59 Å². The van der Waals surface area contributed by atoms with Gasteiger partial charge in [-0.3, -0.25) is 0 Å². The van der Waals surface area contributed by atoms with E-state index in [-0.39, 0.29) is 6.04 Å². The number of aryl methyl sites for hydroxylation is 1. The molecular formula is C13H18N2O3S. The molecule has 1 aromatic heterocycles. The van der Waals surface area contributed by atoms with E-state index in [2.05, 4.69) is 10.6 Å². The Morgan fingerprint density at radius 1 is 1.58 bits per heavy atom. The molecule has 0 saturated carbocycles. The summed E-state index contributed by atoms with van der Waals surface area (Å²) in [6, 6.07) is 0.809. The standard InChI is InChI=1S/C13H18N2O3S/c1-2-9(12(16)17)14-13(18)15-10-4-3-5-11-8(10)6-7-19-11/h6-7,9-10H,2-5H2,1H3,(H,16,17)(H2,14,15,18)/t9-,10?/m0/s1. The number of fused-ring (bicyclic) bond motifs is 1. The van der Waals surface area contributed by atoms with Crippen molar-refractivity contribution in [2.45, 2.75) is 44.7 Å². The lowest BCUT2D eigenvalue weighted by atomic mass is 9.94. The number of hydrogen-bond donors (Lipinski definition) is 3. The van der Waals surface area contributed by atoms with Crippen molar-refractivity contribution in [1.82, 2.24) is 10.6 Å². The molecule has 1 aliphatic rings. The Morgan fingerprint density at radius 3 is 3.05 bits per heavy atom. The van der Waals surface area contributed by atoms with E-state index in [1.54, 1.807) is 18.3 Å². The van der Waals surface area contributed by atoms with E-state index in [4.69, 9.17) is 5.11 Å². The molecule has 1 aromatic rings. The largest absolute Gasteiger partial charge is 0.480 e. The molecular weight excluding hydrogens is 264 g/mol. The molecule has 2 rings (SSSR count). The first-order valence-corrected chi connectivity index (χ1v) is 7.36. The lowest BCUT2D eigenvalue weighted by Gasteiger charge is -2.24. The molecule has 3 N–H and O–H groups in total. The average Bonchev–Trinajstić information content (AvgIpc) is 2.85. The first kappa shape index (κ1) is 13.9. The third-order valence-electron chi connectivity index (χ3n) is 3.37. The minimum atomic E-state index is -1.00. The third-order valence-corrected chi connectivity index (χ3v) is 4.37. The molecule has 0 fully saturated rings. The summed E-state index contributed by atoms with van der Waals surface area (Å²) >= 11 is 1.71. The summed E-state index contributed by atoms with van der Waals surface area (Å²) in [5.41, 5.74) is 1.18. The van der Waals surface area contributed by atoms with Gasteiger partial charge in [0.1, 0.15) is 6.04 Å². The van der Waals surface area contributed by atoms with Crippen LogP contribution in [0, 0.1) is 0 Å². The van der Waals surface area contributed by atoms with Crippen LogP contribution in [0.4, 0.5) is 4.79 Å². The fourth-order valence-corrected chi connectivity index (χ4v) is 3.32. The number of carbonyl (C=O) groups is 2. The quantitative estimate of drug-likeness (QED) is 0.792. The Balaban J connectivity index is 1.95. The summed E-state index contributed by atoms with van der Waals surface area (Å²) in [5.74, 6) is -1.00. The molecule has 2 atom stereocenters. The molecule has 0 saturated heterocycles. The number of nitrogens with one attached hydrogen (secondary N) is 2. The van der Waals surface area contributed by atoms with Crippen LogP contribution in [0.2, 0.25) is 0 Å². The van der Waals surface area contributed by atoms with Crippen LogP contribution in [0.1, 0.15) is 42.7 Å². The molecule has 19 heavy (non-hydrogen) atoms. The van der Waals surface area contributed by atoms with Crippen LogP contribution in [0.3, 0.4) is 0 Å². The lowest BCUT2D eigenvalue weighted by molar-refractivity contribution is -0.139. The Morgan fingerprint density at radius 2 is 2.37 bits per heavy atom. The fourth-order valence-electron chi connectivity index (χ4n) is 2.33. The van der Waals surface area contributed by atoms with Gasteiger partial charge in [0, 0.05) is 4.88 Å². The predicted octanol–water partition coefficient (Wildman–Crippen LogP) is 2.29. The van der Waals surface area contributed by atoms with E-state index in [0.717, 1.165) is 19.3 Å². The van der Waals surface area contributed by atoms with Gasteiger partial charge in [-0.15, -0.1) is 11.3 Å². The second-order valence-corrected chi connectivity index (χ2v) is 5.66. The Kier molecular flexibility index (Phi) is 4.42. The van der Waals surface area contributed by atoms with Crippen LogP contribution >= 0.6 is 11.3 Å². The summed E-state index contributed by atoms with van der Waals surface area (Å²) in [6.07, 6.45) is 3.40. The normalized spacial score (nSPS) is 19.3. The summed E-state index contributed by atoms with van der Waals surface area (Å²) in [5, 5.41) is 16.3. The summed E-state index contributed by atoms with van der Waals surface area (Å²) in [6.45, 7) is 1.73. The molecule has 0 aliphatic heterocycles. The number of carboxylic acids is 1. The van der Waals surface area contributed by atoms with Crippen LogP contribution in [0.15, 0.2) is 11.4 Å². The van der Waals surface area contributed by atoms with Gasteiger partial charge < -0.3 is 15.7 Å². The van der Waals surface area contributed by atoms with Gasteiger partial charge in [-0.1, -0.05) is 6.92 Å². The Bertz CT molecular complexity index is 472. The molecule has 0 radical (unpaired) electrons. The van der Waals surface area contributed by atoms with Crippen LogP contribution < -0.4 is 10.6 Å². The van der Waals surface area contributed by atoms with E-state index < -0.39 is 18.0 Å². The smallest absolute Gasteiger partial charge is 0.326 e. The highest BCUT2D eigenvalue weighted by molar-refractivity contribution is 7.10. The van der Waals surface area contributed by atoms with Gasteiger partial charge in [-0.2, -0.15) is 0 Å². The number of thiophene rings is 1. The number of hydrogen-bond acceptors (Lipinski definition) is 3. The number of rotatable bonds is 4. The van der Waals surface area contributed by atoms with Crippen molar-refractivity contribution in [3.63, 3.8) is 0 Å². The van der Waals surface area contributed by atoms with Crippen molar-refractivity contribution in [3.05, 3.63) is 21.9 Å². The van der Waals surface area contributed by atoms with Crippen molar-refractivity contribution in [2.24, 2.45) is 0 Å². The summed E-state index contributed by atoms with van der Waals surface area (Å²) in [4.78, 5) is 24.0. The van der Waals surface area contributed by atoms with E-state index in [1.165, 1.54) is 10.4 Å². The average molecular weight is 282 g/mol. The highest BCUT2D eigenvalue weighted by atomic mass is 32.1. The molecule has 104 valence electrons. The second kappa shape index (κ2) is 6.06. The van der Waals surface area contributed by atoms with Crippen LogP contribution in [-0.4, -0.2) is 23.1 Å². The van der Waals surface area contributed by atoms with Gasteiger partial charge in [0.05, 0.1) is 6.04 Å². The number of amides is 2. The molecule has 0 bridgehead atoms. The molecule has 5 nitrogen and oxygen atoms in total. The maximum Gasteiger partial charge on any atom is 0.326 e.